The van der Waals surface area contributed by atoms with Crippen LogP contribution in [0, 0.1) is 38.5 Å². The van der Waals surface area contributed by atoms with E-state index in [1.807, 2.05) is 78.2 Å². The average Bonchev–Trinajstić information content (AvgIpc) is 1.59. The fraction of sp³-hybridized carbons (Fsp3) is 0.310. The van der Waals surface area contributed by atoms with Crippen molar-refractivity contribution in [1.82, 2.24) is 34.6 Å². The molecule has 3 aromatic heterocycles. The van der Waals surface area contributed by atoms with Crippen LogP contribution in [-0.2, 0) is 35.8 Å². The van der Waals surface area contributed by atoms with E-state index in [1.165, 1.54) is 19.6 Å². The van der Waals surface area contributed by atoms with Gasteiger partial charge in [-0.15, -0.1) is 10.2 Å². The SMILES string of the molecule is CN=c1sc2ccccc2n1C.Cc1ccc(OCCCC(=O)Nc2ccc(Cl)c(NC(=O)C(C(=O)C(C)(C)C)n3nnc4ccccc43)c2)c(C)c1.Cc1ccc(OCCCC(=O)Nc2ccc(Cl)c(NC(=O)C(C(=O)C(C)(C)C)n3nnc4ccccc43)c2)c(C)c1. The Labute approximate surface area is 560 Å². The Balaban J connectivity index is 0.000000204. The average molecular weight is 1330 g/mol. The zero-order chi connectivity index (χ0) is 68.0. The number of carbonyl (C=O) groups excluding carboxylic acids is 6. The molecule has 0 saturated heterocycles. The zero-order valence-corrected chi connectivity index (χ0v) is 57.1. The molecule has 94 heavy (non-hydrogen) atoms. The number of Topliss-reactive ketones (excluding diaryl/α,β-unsaturated/α-hetero) is 2. The van der Waals surface area contributed by atoms with Crippen molar-refractivity contribution in [1.29, 1.82) is 0 Å². The number of carbonyl (C=O) groups is 6. The van der Waals surface area contributed by atoms with Crippen molar-refractivity contribution < 1.29 is 38.2 Å². The molecule has 0 spiro atoms. The normalized spacial score (nSPS) is 12.2. The number of amides is 4. The number of thiazole rings is 1. The first-order valence-corrected chi connectivity index (χ1v) is 32.1. The van der Waals surface area contributed by atoms with Crippen molar-refractivity contribution in [2.75, 3.05) is 41.5 Å². The Morgan fingerprint density at radius 2 is 0.936 bits per heavy atom. The molecule has 4 N–H and O–H groups in total. The fourth-order valence-electron chi connectivity index (χ4n) is 9.94. The molecule has 3 heterocycles. The lowest BCUT2D eigenvalue weighted by atomic mass is 9.86. The minimum Gasteiger partial charge on any atom is -0.493 e. The topological polar surface area (TPSA) is 248 Å². The number of benzene rings is 7. The largest absolute Gasteiger partial charge is 0.493 e. The van der Waals surface area contributed by atoms with Gasteiger partial charge in [0.05, 0.1) is 55.9 Å². The lowest BCUT2D eigenvalue weighted by Crippen LogP contribution is -2.39. The van der Waals surface area contributed by atoms with Gasteiger partial charge in [0.15, 0.2) is 28.5 Å². The van der Waals surface area contributed by atoms with E-state index in [4.69, 9.17) is 32.7 Å². The maximum Gasteiger partial charge on any atom is 0.257 e. The molecule has 2 unspecified atom stereocenters. The lowest BCUT2D eigenvalue weighted by Gasteiger charge is -2.24. The molecule has 2 atom stereocenters. The van der Waals surface area contributed by atoms with Crippen LogP contribution in [0.1, 0.15) is 102 Å². The first kappa shape index (κ1) is 70.3. The highest BCUT2D eigenvalue weighted by Crippen LogP contribution is 2.33. The van der Waals surface area contributed by atoms with E-state index in [2.05, 4.69) is 75.7 Å². The number of ether oxygens (including phenoxy) is 2. The maximum atomic E-state index is 13.6. The number of ketones is 2. The predicted molar refractivity (Wildman–Crippen MR) is 373 cm³/mol. The third-order valence-electron chi connectivity index (χ3n) is 14.9. The first-order chi connectivity index (χ1) is 44.7. The Bertz CT molecular complexity index is 4250. The monoisotopic (exact) mass is 1330 g/mol. The summed E-state index contributed by atoms with van der Waals surface area (Å²) < 4.78 is 17.7. The summed E-state index contributed by atoms with van der Waals surface area (Å²) in [4.78, 5) is 84.5. The number of fused-ring (bicyclic) bond motifs is 3. The van der Waals surface area contributed by atoms with Gasteiger partial charge >= 0.3 is 0 Å². The van der Waals surface area contributed by atoms with Gasteiger partial charge in [0.2, 0.25) is 11.8 Å². The molecule has 20 nitrogen and oxygen atoms in total. The van der Waals surface area contributed by atoms with E-state index in [-0.39, 0.29) is 57.6 Å². The standard InChI is InChI=1S/2C31H34ClN5O4.C9H10N2S/c2*1-19-12-15-26(20(2)17-19)41-16-8-11-27(38)33-21-13-14-22(32)24(18-21)34-30(40)28(29(39)31(3,4)5)37-25-10-7-6-9-23(25)35-36-37;1-10-9-11(2)7-5-3-4-6-8(7)12-9/h2*6-7,9-10,12-15,17-18,28H,8,11,16H2,1-5H3,(H,33,38)(H,34,40);3-6H,1-2H3. The smallest absolute Gasteiger partial charge is 0.257 e. The van der Waals surface area contributed by atoms with Crippen LogP contribution in [-0.4, -0.2) is 90.0 Å². The molecule has 10 rings (SSSR count). The highest BCUT2D eigenvalue weighted by Gasteiger charge is 2.39. The van der Waals surface area contributed by atoms with Crippen LogP contribution < -0.4 is 35.5 Å². The first-order valence-electron chi connectivity index (χ1n) is 30.6. The molecule has 0 fully saturated rings. The maximum absolute atomic E-state index is 13.6. The van der Waals surface area contributed by atoms with Crippen LogP contribution in [0.25, 0.3) is 32.3 Å². The van der Waals surface area contributed by atoms with Crippen LogP contribution in [0.4, 0.5) is 22.7 Å². The number of hydrogen-bond acceptors (Lipinski definition) is 14. The Hall–Kier alpha value is -9.57. The van der Waals surface area contributed by atoms with Gasteiger partial charge in [0, 0.05) is 49.1 Å². The number of aromatic nitrogens is 7. The molecule has 0 saturated carbocycles. The second-order valence-electron chi connectivity index (χ2n) is 24.6. The Morgan fingerprint density at radius 1 is 0.532 bits per heavy atom. The number of rotatable bonds is 20. The summed E-state index contributed by atoms with van der Waals surface area (Å²) in [6, 6.07) is 41.5. The molecule has 0 aliphatic rings. The van der Waals surface area contributed by atoms with Crippen molar-refractivity contribution in [2.45, 2.75) is 107 Å². The number of para-hydroxylation sites is 3. The van der Waals surface area contributed by atoms with Crippen molar-refractivity contribution in [3.8, 4) is 11.5 Å². The van der Waals surface area contributed by atoms with Gasteiger partial charge in [0.1, 0.15) is 22.5 Å². The minimum atomic E-state index is -1.28. The number of nitrogens with one attached hydrogen (secondary N) is 4. The van der Waals surface area contributed by atoms with Crippen molar-refractivity contribution in [3.63, 3.8) is 0 Å². The van der Waals surface area contributed by atoms with Crippen molar-refractivity contribution in [3.05, 3.63) is 183 Å². The molecule has 0 aliphatic carbocycles. The quantitative estimate of drug-likeness (QED) is 0.0411. The number of nitrogens with zero attached hydrogens (tertiary/aromatic N) is 8. The molecule has 0 radical (unpaired) electrons. The van der Waals surface area contributed by atoms with Gasteiger partial charge in [-0.25, -0.2) is 9.36 Å². The van der Waals surface area contributed by atoms with Crippen molar-refractivity contribution in [2.24, 2.45) is 22.9 Å². The molecular weight excluding hydrogens is 1250 g/mol. The Kier molecular flexibility index (Phi) is 23.5. The van der Waals surface area contributed by atoms with E-state index in [0.717, 1.165) is 38.6 Å². The predicted octanol–water partition coefficient (Wildman–Crippen LogP) is 14.4. The number of halogens is 2. The third kappa shape index (κ3) is 18.2. The van der Waals surface area contributed by atoms with Gasteiger partial charge in [0.25, 0.3) is 11.8 Å². The molecule has 0 aliphatic heterocycles. The molecule has 7 aromatic carbocycles. The number of hydrogen-bond donors (Lipinski definition) is 4. The van der Waals surface area contributed by atoms with Gasteiger partial charge in [-0.05, 0) is 137 Å². The lowest BCUT2D eigenvalue weighted by molar-refractivity contribution is -0.137. The molecule has 490 valence electrons. The summed E-state index contributed by atoms with van der Waals surface area (Å²) in [5, 5.41) is 28.1. The van der Waals surface area contributed by atoms with E-state index in [9.17, 15) is 28.8 Å². The molecule has 10 aromatic rings. The Morgan fingerprint density at radius 3 is 1.33 bits per heavy atom. The van der Waals surface area contributed by atoms with Gasteiger partial charge in [-0.3, -0.25) is 33.8 Å². The summed E-state index contributed by atoms with van der Waals surface area (Å²) in [6.07, 6.45) is 1.55. The summed E-state index contributed by atoms with van der Waals surface area (Å²) in [5.74, 6) is -0.715. The summed E-state index contributed by atoms with van der Waals surface area (Å²) in [5.41, 5.74) is 7.66. The van der Waals surface area contributed by atoms with Crippen molar-refractivity contribution >= 4 is 125 Å². The third-order valence-corrected chi connectivity index (χ3v) is 16.8. The molecular formula is C71H78Cl2N12O8S. The minimum absolute atomic E-state index is 0.205. The van der Waals surface area contributed by atoms with Crippen LogP contribution in [0.3, 0.4) is 0 Å². The van der Waals surface area contributed by atoms with Crippen LogP contribution in [0.5, 0.6) is 11.5 Å². The highest BCUT2D eigenvalue weighted by molar-refractivity contribution is 7.16. The van der Waals surface area contributed by atoms with E-state index in [1.54, 1.807) is 138 Å². The van der Waals surface area contributed by atoms with Crippen LogP contribution in [0.15, 0.2) is 151 Å². The van der Waals surface area contributed by atoms with Gasteiger partial charge in [-0.1, -0.05) is 158 Å². The fourth-order valence-corrected chi connectivity index (χ4v) is 11.3. The van der Waals surface area contributed by atoms with E-state index < -0.39 is 34.7 Å². The summed E-state index contributed by atoms with van der Waals surface area (Å²) in [7, 11) is 3.87. The molecule has 23 heteroatoms. The number of aryl methyl sites for hydroxylation is 5. The van der Waals surface area contributed by atoms with Crippen LogP contribution >= 0.6 is 34.5 Å². The summed E-state index contributed by atoms with van der Waals surface area (Å²) in [6.45, 7) is 19.3. The van der Waals surface area contributed by atoms with Gasteiger partial charge in [-0.2, -0.15) is 0 Å². The second-order valence-corrected chi connectivity index (χ2v) is 26.4. The molecule has 0 bridgehead atoms. The van der Waals surface area contributed by atoms with E-state index >= 15 is 0 Å². The van der Waals surface area contributed by atoms with Gasteiger partial charge < -0.3 is 35.3 Å². The van der Waals surface area contributed by atoms with E-state index in [0.29, 0.717) is 59.5 Å². The van der Waals surface area contributed by atoms with Crippen LogP contribution in [0.2, 0.25) is 10.0 Å². The molecule has 4 amide bonds. The number of anilines is 4. The zero-order valence-electron chi connectivity index (χ0n) is 54.8. The second kappa shape index (κ2) is 31.4. The highest BCUT2D eigenvalue weighted by atomic mass is 35.5. The summed E-state index contributed by atoms with van der Waals surface area (Å²) >= 11 is 14.5.